The Kier molecular flexibility index (Phi) is 10.9. The molecule has 0 saturated heterocycles. The number of H-pyrrole nitrogens is 1. The number of halogens is 1. The fraction of sp³-hybridized carbons (Fsp3) is 0.538. The zero-order chi connectivity index (χ0) is 25.3. The van der Waals surface area contributed by atoms with Crippen LogP contribution >= 0.6 is 11.6 Å². The molecule has 1 aromatic carbocycles. The highest BCUT2D eigenvalue weighted by Gasteiger charge is 2.16. The molecule has 2 aromatic rings. The van der Waals surface area contributed by atoms with Crippen LogP contribution < -0.4 is 21.4 Å². The van der Waals surface area contributed by atoms with E-state index in [9.17, 15) is 9.59 Å². The second-order valence-corrected chi connectivity index (χ2v) is 9.45. The topological polar surface area (TPSA) is 89.3 Å². The number of aromatic nitrogens is 1. The molecule has 0 unspecified atom stereocenters. The van der Waals surface area contributed by atoms with Gasteiger partial charge in [-0.25, -0.2) is 0 Å². The number of carbonyl (C=O) groups excluding carboxylic acids is 1. The molecule has 0 spiro atoms. The van der Waals surface area contributed by atoms with E-state index < -0.39 is 0 Å². The van der Waals surface area contributed by atoms with Crippen molar-refractivity contribution in [1.29, 1.82) is 0 Å². The second-order valence-electron chi connectivity index (χ2n) is 9.01. The van der Waals surface area contributed by atoms with Gasteiger partial charge in [0.15, 0.2) is 5.43 Å². The van der Waals surface area contributed by atoms with Crippen LogP contribution in [0.1, 0.15) is 66.2 Å². The number of nitrogens with zero attached hydrogens (tertiary/aromatic N) is 1. The van der Waals surface area contributed by atoms with Crippen LogP contribution in [0.2, 0.25) is 5.02 Å². The molecule has 0 bridgehead atoms. The summed E-state index contributed by atoms with van der Waals surface area (Å²) in [5.74, 6) is 0.322. The van der Waals surface area contributed by atoms with Gasteiger partial charge in [0.05, 0.1) is 12.1 Å². The van der Waals surface area contributed by atoms with E-state index in [4.69, 9.17) is 11.6 Å². The minimum atomic E-state index is -0.277. The van der Waals surface area contributed by atoms with Crippen molar-refractivity contribution in [2.24, 2.45) is 0 Å². The van der Waals surface area contributed by atoms with Crippen LogP contribution in [0, 0.1) is 13.8 Å². The van der Waals surface area contributed by atoms with Crippen molar-refractivity contribution in [3.05, 3.63) is 55.8 Å². The van der Waals surface area contributed by atoms with Gasteiger partial charge >= 0.3 is 0 Å². The van der Waals surface area contributed by atoms with Gasteiger partial charge in [-0.3, -0.25) is 9.59 Å². The first-order valence-electron chi connectivity index (χ1n) is 12.1. The van der Waals surface area contributed by atoms with E-state index in [0.29, 0.717) is 22.0 Å². The van der Waals surface area contributed by atoms with Gasteiger partial charge in [0.25, 0.3) is 5.91 Å². The summed E-state index contributed by atoms with van der Waals surface area (Å²) in [6.07, 6.45) is 7.20. The van der Waals surface area contributed by atoms with Gasteiger partial charge in [0.1, 0.15) is 5.82 Å². The molecule has 1 aliphatic carbocycles. The van der Waals surface area contributed by atoms with Crippen molar-refractivity contribution < 1.29 is 4.79 Å². The maximum absolute atomic E-state index is 12.6. The maximum Gasteiger partial charge on any atom is 0.251 e. The fourth-order valence-electron chi connectivity index (χ4n) is 4.25. The monoisotopic (exact) mass is 489 g/mol. The number of aryl methyl sites for hydroxylation is 1. The summed E-state index contributed by atoms with van der Waals surface area (Å²) in [7, 11) is 6.10. The average Bonchev–Trinajstić information content (AvgIpc) is 2.81. The minimum Gasteiger partial charge on any atom is -0.385 e. The van der Waals surface area contributed by atoms with Crippen LogP contribution in [0.5, 0.6) is 0 Å². The third-order valence-corrected chi connectivity index (χ3v) is 6.45. The van der Waals surface area contributed by atoms with Gasteiger partial charge in [0.2, 0.25) is 0 Å². The number of aromatic amines is 1. The predicted octanol–water partition coefficient (Wildman–Crippen LogP) is 4.93. The quantitative estimate of drug-likeness (QED) is 0.443. The molecule has 0 atom stereocenters. The zero-order valence-electron chi connectivity index (χ0n) is 21.4. The lowest BCUT2D eigenvalue weighted by Crippen LogP contribution is -2.29. The number of rotatable bonds is 7. The number of carbonyl (C=O) groups is 1. The molecular formula is C26H40ClN5O2. The van der Waals surface area contributed by atoms with Gasteiger partial charge in [-0.2, -0.15) is 0 Å². The molecular weight excluding hydrogens is 450 g/mol. The molecule has 4 N–H and O–H groups in total. The van der Waals surface area contributed by atoms with Crippen molar-refractivity contribution in [3.8, 4) is 0 Å². The molecule has 1 aromatic heterocycles. The molecule has 1 saturated carbocycles. The molecule has 188 valence electrons. The number of anilines is 2. The Morgan fingerprint density at radius 3 is 2.38 bits per heavy atom. The molecule has 1 fully saturated rings. The van der Waals surface area contributed by atoms with Crippen LogP contribution in [0.4, 0.5) is 11.5 Å². The van der Waals surface area contributed by atoms with Crippen LogP contribution in [0.3, 0.4) is 0 Å². The van der Waals surface area contributed by atoms with E-state index in [1.807, 2.05) is 20.8 Å². The highest BCUT2D eigenvalue weighted by molar-refractivity contribution is 6.31. The van der Waals surface area contributed by atoms with Crippen LogP contribution in [0.15, 0.2) is 23.0 Å². The van der Waals surface area contributed by atoms with Crippen molar-refractivity contribution in [3.63, 3.8) is 0 Å². The first kappa shape index (κ1) is 27.7. The Bertz CT molecular complexity index is 1010. The van der Waals surface area contributed by atoms with Crippen molar-refractivity contribution >= 4 is 29.0 Å². The normalized spacial score (nSPS) is 13.8. The number of nitrogens with one attached hydrogen (secondary N) is 4. The molecule has 34 heavy (non-hydrogen) atoms. The van der Waals surface area contributed by atoms with Gasteiger partial charge in [-0.05, 0) is 65.4 Å². The lowest BCUT2D eigenvalue weighted by atomic mass is 9.95. The third-order valence-electron chi connectivity index (χ3n) is 6.23. The highest BCUT2D eigenvalue weighted by atomic mass is 35.5. The molecule has 1 heterocycles. The highest BCUT2D eigenvalue weighted by Crippen LogP contribution is 2.25. The van der Waals surface area contributed by atoms with Gasteiger partial charge in [-0.15, -0.1) is 0 Å². The number of benzene rings is 1. The summed E-state index contributed by atoms with van der Waals surface area (Å²) in [5.41, 5.74) is 3.23. The first-order valence-corrected chi connectivity index (χ1v) is 12.4. The van der Waals surface area contributed by atoms with Crippen molar-refractivity contribution in [2.45, 2.75) is 65.5 Å². The van der Waals surface area contributed by atoms with Gasteiger partial charge in [-0.1, -0.05) is 30.9 Å². The maximum atomic E-state index is 12.6. The van der Waals surface area contributed by atoms with E-state index in [1.165, 1.54) is 38.2 Å². The summed E-state index contributed by atoms with van der Waals surface area (Å²) in [6, 6.07) is 5.82. The Balaban J connectivity index is 0.000000379. The first-order chi connectivity index (χ1) is 16.2. The number of amides is 1. The molecule has 7 nitrogen and oxygen atoms in total. The molecule has 3 rings (SSSR count). The smallest absolute Gasteiger partial charge is 0.251 e. The number of hydrogen-bond acceptors (Lipinski definition) is 5. The molecule has 8 heteroatoms. The predicted molar refractivity (Wildman–Crippen MR) is 143 cm³/mol. The number of pyridine rings is 1. The Hall–Kier alpha value is -2.51. The number of hydrogen-bond donors (Lipinski definition) is 4. The molecule has 1 aliphatic rings. The van der Waals surface area contributed by atoms with E-state index in [2.05, 4.69) is 39.9 Å². The summed E-state index contributed by atoms with van der Waals surface area (Å²) in [5, 5.41) is 9.42. The van der Waals surface area contributed by atoms with E-state index in [0.717, 1.165) is 29.5 Å². The van der Waals surface area contributed by atoms with Crippen LogP contribution in [-0.2, 0) is 6.54 Å². The summed E-state index contributed by atoms with van der Waals surface area (Å²) in [4.78, 5) is 30.2. The summed E-state index contributed by atoms with van der Waals surface area (Å²) < 4.78 is 0. The Labute approximate surface area is 208 Å². The average molecular weight is 490 g/mol. The Morgan fingerprint density at radius 2 is 1.82 bits per heavy atom. The van der Waals surface area contributed by atoms with Gasteiger partial charge < -0.3 is 25.8 Å². The van der Waals surface area contributed by atoms with E-state index in [-0.39, 0.29) is 17.9 Å². The van der Waals surface area contributed by atoms with Crippen molar-refractivity contribution in [2.75, 3.05) is 38.3 Å². The van der Waals surface area contributed by atoms with E-state index in [1.54, 1.807) is 19.2 Å². The Morgan fingerprint density at radius 1 is 1.15 bits per heavy atom. The largest absolute Gasteiger partial charge is 0.385 e. The van der Waals surface area contributed by atoms with Crippen LogP contribution in [0.25, 0.3) is 0 Å². The standard InChI is InChI=1S/C18H23ClN4O2.C8H17N/c1-5-21-15-8-12(19)7-13(11(15)3)18(25)22-9-14-16(24)6-10(2)23-17(14)20-4;1-9(2)8-6-4-3-5-7-8/h6-8,21H,5,9H2,1-4H3,(H,22,25)(H2,20,23,24);8H,3-7H2,1-2H3. The molecule has 0 radical (unpaired) electrons. The van der Waals surface area contributed by atoms with Gasteiger partial charge in [0, 0.05) is 47.7 Å². The van der Waals surface area contributed by atoms with Crippen LogP contribution in [-0.4, -0.2) is 49.5 Å². The molecule has 1 amide bonds. The third kappa shape index (κ3) is 7.77. The fourth-order valence-corrected chi connectivity index (χ4v) is 4.47. The SMILES string of the molecule is CCNc1cc(Cl)cc(C(=O)NCc2c(NC)[nH]c(C)cc2=O)c1C.CN(C)C1CCCCC1. The lowest BCUT2D eigenvalue weighted by Gasteiger charge is -2.27. The second kappa shape index (κ2) is 13.4. The lowest BCUT2D eigenvalue weighted by molar-refractivity contribution is 0.0950. The molecule has 0 aliphatic heterocycles. The zero-order valence-corrected chi connectivity index (χ0v) is 22.2. The minimum absolute atomic E-state index is 0.118. The summed E-state index contributed by atoms with van der Waals surface area (Å²) in [6.45, 7) is 6.49. The summed E-state index contributed by atoms with van der Waals surface area (Å²) >= 11 is 6.12. The van der Waals surface area contributed by atoms with E-state index >= 15 is 0 Å². The van der Waals surface area contributed by atoms with Crippen molar-refractivity contribution in [1.82, 2.24) is 15.2 Å².